The molecule has 0 aromatic heterocycles. The second-order valence-corrected chi connectivity index (χ2v) is 3.57. The first-order chi connectivity index (χ1) is 8.78. The van der Waals surface area contributed by atoms with E-state index in [0.29, 0.717) is 36.4 Å². The van der Waals surface area contributed by atoms with Gasteiger partial charge < -0.3 is 24.3 Å². The summed E-state index contributed by atoms with van der Waals surface area (Å²) in [5.41, 5.74) is 0.769. The van der Waals surface area contributed by atoms with Crippen LogP contribution < -0.4 is 19.5 Å². The number of methoxy groups -OCH3 is 3. The molecule has 1 aliphatic heterocycles. The molecule has 0 bridgehead atoms. The van der Waals surface area contributed by atoms with Crippen LogP contribution in [0.2, 0.25) is 0 Å². The van der Waals surface area contributed by atoms with Crippen LogP contribution in [-0.2, 0) is 4.74 Å². The molecule has 0 atom stereocenters. The van der Waals surface area contributed by atoms with E-state index in [0.717, 1.165) is 5.69 Å². The Balaban J connectivity index is 2.30. The van der Waals surface area contributed by atoms with Crippen molar-refractivity contribution >= 4 is 11.7 Å². The topological polar surface area (TPSA) is 61.3 Å². The zero-order valence-electron chi connectivity index (χ0n) is 10.6. The highest BCUT2D eigenvalue weighted by atomic mass is 16.5. The van der Waals surface area contributed by atoms with Gasteiger partial charge in [-0.1, -0.05) is 0 Å². The van der Waals surface area contributed by atoms with Crippen molar-refractivity contribution in [1.29, 1.82) is 0 Å². The molecule has 18 heavy (non-hydrogen) atoms. The molecule has 6 nitrogen and oxygen atoms in total. The molecule has 0 unspecified atom stereocenters. The lowest BCUT2D eigenvalue weighted by molar-refractivity contribution is 0.324. The van der Waals surface area contributed by atoms with Gasteiger partial charge in [-0.2, -0.15) is 0 Å². The maximum absolute atomic E-state index is 5.29. The van der Waals surface area contributed by atoms with Crippen LogP contribution in [0.3, 0.4) is 0 Å². The summed E-state index contributed by atoms with van der Waals surface area (Å²) >= 11 is 0. The van der Waals surface area contributed by atoms with Gasteiger partial charge in [-0.3, -0.25) is 0 Å². The van der Waals surface area contributed by atoms with Gasteiger partial charge in [0.2, 0.25) is 5.75 Å². The van der Waals surface area contributed by atoms with Gasteiger partial charge in [0.15, 0.2) is 11.5 Å². The average molecular weight is 252 g/mol. The Morgan fingerprint density at radius 2 is 1.78 bits per heavy atom. The van der Waals surface area contributed by atoms with E-state index in [1.165, 1.54) is 0 Å². The predicted octanol–water partition coefficient (Wildman–Crippen LogP) is 1.51. The van der Waals surface area contributed by atoms with Gasteiger partial charge in [0.1, 0.15) is 6.61 Å². The van der Waals surface area contributed by atoms with Gasteiger partial charge >= 0.3 is 0 Å². The standard InChI is InChI=1S/C12H16N2O4/c1-15-9-6-8(14-12-13-4-5-18-12)7-10(16-2)11(9)17-3/h6-7H,4-5H2,1-3H3,(H,13,14). The fourth-order valence-corrected chi connectivity index (χ4v) is 1.69. The number of hydrogen-bond donors (Lipinski definition) is 1. The van der Waals surface area contributed by atoms with Gasteiger partial charge in [0.05, 0.1) is 27.9 Å². The molecule has 0 aliphatic carbocycles. The molecule has 0 fully saturated rings. The first kappa shape index (κ1) is 12.3. The van der Waals surface area contributed by atoms with Gasteiger partial charge in [-0.25, -0.2) is 4.99 Å². The molecule has 1 heterocycles. The van der Waals surface area contributed by atoms with E-state index in [2.05, 4.69) is 10.3 Å². The molecule has 0 spiro atoms. The highest BCUT2D eigenvalue weighted by Crippen LogP contribution is 2.39. The molecule has 98 valence electrons. The van der Waals surface area contributed by atoms with E-state index in [9.17, 15) is 0 Å². The highest BCUT2D eigenvalue weighted by Gasteiger charge is 2.15. The van der Waals surface area contributed by atoms with E-state index in [4.69, 9.17) is 18.9 Å². The highest BCUT2D eigenvalue weighted by molar-refractivity contribution is 5.90. The molecule has 1 aromatic rings. The molecule has 6 heteroatoms. The third-order valence-electron chi connectivity index (χ3n) is 2.50. The SMILES string of the molecule is COc1cc(NC2=NCCO2)cc(OC)c1OC. The van der Waals surface area contributed by atoms with E-state index in [1.54, 1.807) is 33.5 Å². The molecule has 0 saturated carbocycles. The summed E-state index contributed by atoms with van der Waals surface area (Å²) < 4.78 is 21.0. The van der Waals surface area contributed by atoms with Crippen molar-refractivity contribution in [2.45, 2.75) is 0 Å². The second-order valence-electron chi connectivity index (χ2n) is 3.57. The van der Waals surface area contributed by atoms with Crippen LogP contribution in [0, 0.1) is 0 Å². The predicted molar refractivity (Wildman–Crippen MR) is 68.0 cm³/mol. The first-order valence-electron chi connectivity index (χ1n) is 5.52. The maximum atomic E-state index is 5.29. The number of hydrogen-bond acceptors (Lipinski definition) is 6. The van der Waals surface area contributed by atoms with E-state index >= 15 is 0 Å². The van der Waals surface area contributed by atoms with Gasteiger partial charge in [0, 0.05) is 17.8 Å². The average Bonchev–Trinajstić information content (AvgIpc) is 2.90. The smallest absolute Gasteiger partial charge is 0.289 e. The summed E-state index contributed by atoms with van der Waals surface area (Å²) in [6.45, 7) is 1.28. The molecule has 0 radical (unpaired) electrons. The molecule has 1 aromatic carbocycles. The number of amidine groups is 1. The molecule has 0 saturated heterocycles. The van der Waals surface area contributed by atoms with E-state index in [-0.39, 0.29) is 0 Å². The summed E-state index contributed by atoms with van der Waals surface area (Å²) in [4.78, 5) is 4.15. The van der Waals surface area contributed by atoms with Crippen LogP contribution in [0.15, 0.2) is 17.1 Å². The van der Waals surface area contributed by atoms with Gasteiger partial charge in [-0.15, -0.1) is 0 Å². The van der Waals surface area contributed by atoms with Crippen LogP contribution in [0.25, 0.3) is 0 Å². The number of ether oxygens (including phenoxy) is 4. The molecular formula is C12H16N2O4. The lowest BCUT2D eigenvalue weighted by Crippen LogP contribution is -2.12. The van der Waals surface area contributed by atoms with Crippen molar-refractivity contribution in [3.8, 4) is 17.2 Å². The monoisotopic (exact) mass is 252 g/mol. The van der Waals surface area contributed by atoms with Crippen LogP contribution in [0.1, 0.15) is 0 Å². The minimum absolute atomic E-state index is 0.504. The fraction of sp³-hybridized carbons (Fsp3) is 0.417. The van der Waals surface area contributed by atoms with E-state index in [1.807, 2.05) is 0 Å². The van der Waals surface area contributed by atoms with Crippen molar-refractivity contribution in [3.63, 3.8) is 0 Å². The van der Waals surface area contributed by atoms with Crippen molar-refractivity contribution in [2.75, 3.05) is 39.8 Å². The number of aliphatic imine (C=N–C) groups is 1. The Morgan fingerprint density at radius 3 is 2.22 bits per heavy atom. The summed E-state index contributed by atoms with van der Waals surface area (Å²) in [5, 5.41) is 3.05. The summed E-state index contributed by atoms with van der Waals surface area (Å²) in [6, 6.07) is 4.10. The third-order valence-corrected chi connectivity index (χ3v) is 2.50. The van der Waals surface area contributed by atoms with Crippen molar-refractivity contribution in [2.24, 2.45) is 4.99 Å². The Labute approximate surface area is 106 Å². The first-order valence-corrected chi connectivity index (χ1v) is 5.52. The Morgan fingerprint density at radius 1 is 1.11 bits per heavy atom. The van der Waals surface area contributed by atoms with E-state index < -0.39 is 0 Å². The van der Waals surface area contributed by atoms with Crippen molar-refractivity contribution in [1.82, 2.24) is 0 Å². The normalized spacial score (nSPS) is 13.6. The van der Waals surface area contributed by atoms with Gasteiger partial charge in [0.25, 0.3) is 6.02 Å². The van der Waals surface area contributed by atoms with Crippen LogP contribution >= 0.6 is 0 Å². The van der Waals surface area contributed by atoms with Crippen LogP contribution in [0.4, 0.5) is 5.69 Å². The van der Waals surface area contributed by atoms with Crippen LogP contribution in [0.5, 0.6) is 17.2 Å². The molecule has 1 aliphatic rings. The zero-order chi connectivity index (χ0) is 13.0. The summed E-state index contributed by atoms with van der Waals surface area (Å²) in [7, 11) is 4.72. The lowest BCUT2D eigenvalue weighted by atomic mass is 10.2. The Kier molecular flexibility index (Phi) is 3.76. The van der Waals surface area contributed by atoms with Crippen molar-refractivity contribution in [3.05, 3.63) is 12.1 Å². The number of nitrogens with zero attached hydrogens (tertiary/aromatic N) is 1. The van der Waals surface area contributed by atoms with Crippen LogP contribution in [-0.4, -0.2) is 40.5 Å². The largest absolute Gasteiger partial charge is 0.493 e. The third kappa shape index (κ3) is 2.42. The zero-order valence-corrected chi connectivity index (χ0v) is 10.6. The molecule has 0 amide bonds. The quantitative estimate of drug-likeness (QED) is 0.880. The fourth-order valence-electron chi connectivity index (χ4n) is 1.69. The number of anilines is 1. The lowest BCUT2D eigenvalue weighted by Gasteiger charge is -2.14. The second kappa shape index (κ2) is 5.48. The number of nitrogens with one attached hydrogen (secondary N) is 1. The Bertz CT molecular complexity index is 434. The molecular weight excluding hydrogens is 236 g/mol. The van der Waals surface area contributed by atoms with Crippen molar-refractivity contribution < 1.29 is 18.9 Å². The maximum Gasteiger partial charge on any atom is 0.289 e. The van der Waals surface area contributed by atoms with Gasteiger partial charge in [-0.05, 0) is 0 Å². The number of rotatable bonds is 4. The molecule has 2 rings (SSSR count). The minimum atomic E-state index is 0.504. The number of benzene rings is 1. The molecule has 1 N–H and O–H groups in total. The Hall–Kier alpha value is -2.11. The summed E-state index contributed by atoms with van der Waals surface area (Å²) in [5.74, 6) is 1.72. The summed E-state index contributed by atoms with van der Waals surface area (Å²) in [6.07, 6.45) is 0. The minimum Gasteiger partial charge on any atom is -0.493 e.